The molecule has 0 unspecified atom stereocenters. The molecule has 0 saturated carbocycles. The third-order valence-electron chi connectivity index (χ3n) is 3.40. The molecule has 2 rings (SSSR count). The number of likely N-dealkylation sites (tertiary alicyclic amines) is 1. The summed E-state index contributed by atoms with van der Waals surface area (Å²) >= 11 is 0. The van der Waals surface area contributed by atoms with E-state index in [0.29, 0.717) is 5.92 Å². The predicted octanol–water partition coefficient (Wildman–Crippen LogP) is 0.260. The quantitative estimate of drug-likeness (QED) is 0.718. The molecule has 96 valence electrons. The highest BCUT2D eigenvalue weighted by Gasteiger charge is 2.47. The molecule has 16 heavy (non-hydrogen) atoms. The van der Waals surface area contributed by atoms with Crippen LogP contribution in [0.4, 0.5) is 0 Å². The van der Waals surface area contributed by atoms with Crippen molar-refractivity contribution in [2.24, 2.45) is 5.92 Å². The van der Waals surface area contributed by atoms with Gasteiger partial charge in [-0.05, 0) is 25.9 Å². The van der Waals surface area contributed by atoms with Crippen LogP contribution in [0, 0.1) is 5.92 Å². The minimum Gasteiger partial charge on any atom is -0.348 e. The lowest BCUT2D eigenvalue weighted by Gasteiger charge is -2.39. The molecular weight excluding hydrogens is 249 g/mol. The molecule has 2 saturated heterocycles. The monoisotopic (exact) mass is 269 g/mol. The summed E-state index contributed by atoms with van der Waals surface area (Å²) < 4.78 is 0. The van der Waals surface area contributed by atoms with Gasteiger partial charge in [-0.25, -0.2) is 0 Å². The Labute approximate surface area is 109 Å². The zero-order valence-electron chi connectivity index (χ0n) is 9.78. The first-order valence-electron chi connectivity index (χ1n) is 5.30. The molecule has 6 heteroatoms. The molecule has 2 atom stereocenters. The largest absolute Gasteiger partial charge is 0.348 e. The second-order valence-corrected chi connectivity index (χ2v) is 4.70. The number of hydrogen-bond donors (Lipinski definition) is 2. The minimum atomic E-state index is -0.00116. The average Bonchev–Trinajstić information content (AvgIpc) is 2.38. The lowest BCUT2D eigenvalue weighted by Crippen LogP contribution is -2.62. The van der Waals surface area contributed by atoms with Gasteiger partial charge in [-0.2, -0.15) is 0 Å². The van der Waals surface area contributed by atoms with E-state index in [1.54, 1.807) is 6.92 Å². The van der Waals surface area contributed by atoms with E-state index in [9.17, 15) is 4.79 Å². The maximum absolute atomic E-state index is 11.2. The standard InChI is InChI=1S/C10H19N3O.2ClH/c1-8(14)12-10-6-11-4-3-9(10)5-13(2)7-10;;/h9,11H,3-7H2,1-2H3,(H,12,14);2*1H/t9-,10-;;/m1../s1. The summed E-state index contributed by atoms with van der Waals surface area (Å²) in [6, 6.07) is 0. The topological polar surface area (TPSA) is 44.4 Å². The molecule has 4 nitrogen and oxygen atoms in total. The van der Waals surface area contributed by atoms with Gasteiger partial charge < -0.3 is 15.5 Å². The number of likely N-dealkylation sites (N-methyl/N-ethyl adjacent to an activating group) is 1. The number of hydrogen-bond acceptors (Lipinski definition) is 3. The average molecular weight is 270 g/mol. The van der Waals surface area contributed by atoms with E-state index in [1.165, 1.54) is 6.42 Å². The van der Waals surface area contributed by atoms with Crippen LogP contribution in [0.2, 0.25) is 0 Å². The first-order chi connectivity index (χ1) is 6.62. The zero-order valence-corrected chi connectivity index (χ0v) is 11.4. The molecular formula is C10H21Cl2N3O. The van der Waals surface area contributed by atoms with Gasteiger partial charge in [0.25, 0.3) is 0 Å². The van der Waals surface area contributed by atoms with Crippen molar-refractivity contribution in [3.63, 3.8) is 0 Å². The molecule has 2 aliphatic heterocycles. The van der Waals surface area contributed by atoms with Crippen LogP contribution in [0.25, 0.3) is 0 Å². The van der Waals surface area contributed by atoms with Crippen LogP contribution in [0.3, 0.4) is 0 Å². The Morgan fingerprint density at radius 2 is 2.19 bits per heavy atom. The van der Waals surface area contributed by atoms with Crippen LogP contribution in [-0.4, -0.2) is 49.6 Å². The van der Waals surface area contributed by atoms with Crippen molar-refractivity contribution in [2.75, 3.05) is 33.2 Å². The summed E-state index contributed by atoms with van der Waals surface area (Å²) in [7, 11) is 2.13. The molecule has 0 aliphatic carbocycles. The number of rotatable bonds is 1. The summed E-state index contributed by atoms with van der Waals surface area (Å²) in [5, 5.41) is 6.53. The molecule has 0 bridgehead atoms. The van der Waals surface area contributed by atoms with Crippen molar-refractivity contribution in [1.29, 1.82) is 0 Å². The summed E-state index contributed by atoms with van der Waals surface area (Å²) in [5.41, 5.74) is -0.00116. The Morgan fingerprint density at radius 1 is 1.50 bits per heavy atom. The van der Waals surface area contributed by atoms with E-state index in [-0.39, 0.29) is 36.3 Å². The molecule has 0 aromatic heterocycles. The highest BCUT2D eigenvalue weighted by atomic mass is 35.5. The number of halogens is 2. The molecule has 1 amide bonds. The highest BCUT2D eigenvalue weighted by molar-refractivity contribution is 5.85. The molecule has 2 heterocycles. The van der Waals surface area contributed by atoms with Crippen LogP contribution in [-0.2, 0) is 4.79 Å². The summed E-state index contributed by atoms with van der Waals surface area (Å²) in [6.45, 7) is 5.70. The van der Waals surface area contributed by atoms with Crippen LogP contribution in [0.15, 0.2) is 0 Å². The molecule has 0 spiro atoms. The molecule has 2 N–H and O–H groups in total. The van der Waals surface area contributed by atoms with Crippen molar-refractivity contribution in [3.8, 4) is 0 Å². The normalized spacial score (nSPS) is 33.2. The SMILES string of the molecule is CC(=O)N[C@@]12CNCC[C@@H]1CN(C)C2.Cl.Cl. The molecule has 0 radical (unpaired) electrons. The van der Waals surface area contributed by atoms with Gasteiger partial charge in [0.2, 0.25) is 5.91 Å². The van der Waals surface area contributed by atoms with Crippen LogP contribution < -0.4 is 10.6 Å². The van der Waals surface area contributed by atoms with Gasteiger partial charge in [-0.15, -0.1) is 24.8 Å². The number of fused-ring (bicyclic) bond motifs is 1. The van der Waals surface area contributed by atoms with Crippen molar-refractivity contribution in [1.82, 2.24) is 15.5 Å². The van der Waals surface area contributed by atoms with E-state index in [0.717, 1.165) is 26.2 Å². The number of amides is 1. The Hall–Kier alpha value is -0.0300. The smallest absolute Gasteiger partial charge is 0.217 e. The van der Waals surface area contributed by atoms with Gasteiger partial charge in [0, 0.05) is 26.6 Å². The Kier molecular flexibility index (Phi) is 6.04. The lowest BCUT2D eigenvalue weighted by atomic mass is 9.82. The summed E-state index contributed by atoms with van der Waals surface area (Å²) in [4.78, 5) is 13.5. The van der Waals surface area contributed by atoms with E-state index < -0.39 is 0 Å². The van der Waals surface area contributed by atoms with E-state index in [4.69, 9.17) is 0 Å². The Morgan fingerprint density at radius 3 is 2.81 bits per heavy atom. The molecule has 0 aromatic carbocycles. The van der Waals surface area contributed by atoms with Crippen molar-refractivity contribution >= 4 is 30.7 Å². The molecule has 2 aliphatic rings. The second kappa shape index (κ2) is 6.05. The fourth-order valence-electron chi connectivity index (χ4n) is 2.92. The number of nitrogens with one attached hydrogen (secondary N) is 2. The zero-order chi connectivity index (χ0) is 10.2. The lowest BCUT2D eigenvalue weighted by molar-refractivity contribution is -0.121. The van der Waals surface area contributed by atoms with Crippen LogP contribution >= 0.6 is 24.8 Å². The number of piperidine rings is 1. The summed E-state index contributed by atoms with van der Waals surface area (Å²) in [6.07, 6.45) is 1.17. The molecule has 0 aromatic rings. The third kappa shape index (κ3) is 3.00. The number of carbonyl (C=O) groups is 1. The highest BCUT2D eigenvalue weighted by Crippen LogP contribution is 2.31. The van der Waals surface area contributed by atoms with Crippen LogP contribution in [0.5, 0.6) is 0 Å². The molecule has 2 fully saturated rings. The first-order valence-corrected chi connectivity index (χ1v) is 5.30. The van der Waals surface area contributed by atoms with Crippen molar-refractivity contribution in [3.05, 3.63) is 0 Å². The third-order valence-corrected chi connectivity index (χ3v) is 3.40. The van der Waals surface area contributed by atoms with Crippen molar-refractivity contribution < 1.29 is 4.79 Å². The minimum absolute atomic E-state index is 0. The van der Waals surface area contributed by atoms with Gasteiger partial charge in [0.15, 0.2) is 0 Å². The summed E-state index contributed by atoms with van der Waals surface area (Å²) in [5.74, 6) is 0.714. The van der Waals surface area contributed by atoms with E-state index in [2.05, 4.69) is 22.6 Å². The van der Waals surface area contributed by atoms with Gasteiger partial charge in [0.05, 0.1) is 5.54 Å². The first kappa shape index (κ1) is 16.0. The fraction of sp³-hybridized carbons (Fsp3) is 0.900. The fourth-order valence-corrected chi connectivity index (χ4v) is 2.92. The maximum Gasteiger partial charge on any atom is 0.217 e. The predicted molar refractivity (Wildman–Crippen MR) is 69.5 cm³/mol. The Balaban J connectivity index is 0.00000112. The van der Waals surface area contributed by atoms with E-state index >= 15 is 0 Å². The van der Waals surface area contributed by atoms with Crippen molar-refractivity contribution in [2.45, 2.75) is 18.9 Å². The van der Waals surface area contributed by atoms with Crippen LogP contribution in [0.1, 0.15) is 13.3 Å². The Bertz CT molecular complexity index is 252. The van der Waals surface area contributed by atoms with Gasteiger partial charge in [0.1, 0.15) is 0 Å². The number of carbonyl (C=O) groups excluding carboxylic acids is 1. The van der Waals surface area contributed by atoms with Gasteiger partial charge in [-0.1, -0.05) is 0 Å². The maximum atomic E-state index is 11.2. The number of nitrogens with zero attached hydrogens (tertiary/aromatic N) is 1. The van der Waals surface area contributed by atoms with Gasteiger partial charge in [-0.3, -0.25) is 4.79 Å². The second-order valence-electron chi connectivity index (χ2n) is 4.70. The van der Waals surface area contributed by atoms with E-state index in [1.807, 2.05) is 0 Å². The van der Waals surface area contributed by atoms with Gasteiger partial charge >= 0.3 is 0 Å².